The Morgan fingerprint density at radius 2 is 1.87 bits per heavy atom. The first-order valence-corrected chi connectivity index (χ1v) is 8.10. The highest BCUT2D eigenvalue weighted by molar-refractivity contribution is 9.10. The van der Waals surface area contributed by atoms with Gasteiger partial charge in [0.25, 0.3) is 0 Å². The molecule has 3 rings (SSSR count). The summed E-state index contributed by atoms with van der Waals surface area (Å²) < 4.78 is 0.891. The maximum Gasteiger partial charge on any atom is 0.325 e. The molecule has 0 unspecified atom stereocenters. The van der Waals surface area contributed by atoms with E-state index >= 15 is 0 Å². The zero-order valence-corrected chi connectivity index (χ0v) is 14.0. The van der Waals surface area contributed by atoms with Crippen LogP contribution in [0.15, 0.2) is 59.1 Å². The van der Waals surface area contributed by atoms with Crippen molar-refractivity contribution >= 4 is 39.2 Å². The minimum absolute atomic E-state index is 0.0503. The van der Waals surface area contributed by atoms with Crippen LogP contribution in [0.25, 0.3) is 0 Å². The molecule has 6 heteroatoms. The van der Waals surface area contributed by atoms with E-state index < -0.39 is 0 Å². The fourth-order valence-electron chi connectivity index (χ4n) is 2.52. The van der Waals surface area contributed by atoms with Crippen LogP contribution in [0.2, 0.25) is 0 Å². The largest absolute Gasteiger partial charge is 0.325 e. The van der Waals surface area contributed by atoms with E-state index in [4.69, 9.17) is 0 Å². The normalized spacial score (nSPS) is 14.2. The van der Waals surface area contributed by atoms with E-state index in [0.29, 0.717) is 18.8 Å². The van der Waals surface area contributed by atoms with Crippen molar-refractivity contribution in [2.24, 2.45) is 0 Å². The molecule has 118 valence electrons. The number of halogens is 1. The number of nitrogens with one attached hydrogen (secondary N) is 1. The Hall–Kier alpha value is -2.34. The van der Waals surface area contributed by atoms with Gasteiger partial charge in [0.05, 0.1) is 0 Å². The number of carbonyl (C=O) groups is 2. The Kier molecular flexibility index (Phi) is 4.62. The predicted octanol–water partition coefficient (Wildman–Crippen LogP) is 3.33. The van der Waals surface area contributed by atoms with E-state index in [2.05, 4.69) is 21.2 Å². The summed E-state index contributed by atoms with van der Waals surface area (Å²) in [5, 5.41) is 2.80. The standard InChI is InChI=1S/C17H16BrN3O2/c18-13-5-4-6-14(11-13)19-16(22)12-20-9-10-21(17(20)23)15-7-2-1-3-8-15/h1-8,11H,9-10,12H2,(H,19,22). The first kappa shape index (κ1) is 15.6. The average Bonchev–Trinajstić information content (AvgIpc) is 2.89. The summed E-state index contributed by atoms with van der Waals surface area (Å²) in [5.74, 6) is -0.202. The van der Waals surface area contributed by atoms with Gasteiger partial charge in [-0.05, 0) is 30.3 Å². The van der Waals surface area contributed by atoms with Crippen LogP contribution in [0.4, 0.5) is 16.2 Å². The first-order valence-electron chi connectivity index (χ1n) is 7.30. The van der Waals surface area contributed by atoms with E-state index in [1.807, 2.05) is 54.6 Å². The highest BCUT2D eigenvalue weighted by atomic mass is 79.9. The molecule has 5 nitrogen and oxygen atoms in total. The molecule has 0 atom stereocenters. The number of anilines is 2. The molecule has 0 radical (unpaired) electrons. The van der Waals surface area contributed by atoms with Crippen LogP contribution < -0.4 is 10.2 Å². The Labute approximate surface area is 143 Å². The third-order valence-corrected chi connectivity index (χ3v) is 4.10. The van der Waals surface area contributed by atoms with Gasteiger partial charge in [0.1, 0.15) is 6.54 Å². The highest BCUT2D eigenvalue weighted by Gasteiger charge is 2.30. The molecule has 1 saturated heterocycles. The smallest absolute Gasteiger partial charge is 0.325 e. The molecule has 3 amide bonds. The molecule has 2 aromatic carbocycles. The molecule has 0 aromatic heterocycles. The second-order valence-electron chi connectivity index (χ2n) is 5.25. The van der Waals surface area contributed by atoms with Gasteiger partial charge in [-0.3, -0.25) is 9.69 Å². The molecule has 23 heavy (non-hydrogen) atoms. The van der Waals surface area contributed by atoms with Gasteiger partial charge in [0.15, 0.2) is 0 Å². The van der Waals surface area contributed by atoms with Gasteiger partial charge in [0.2, 0.25) is 5.91 Å². The number of benzene rings is 2. The molecular formula is C17H16BrN3O2. The molecule has 1 fully saturated rings. The lowest BCUT2D eigenvalue weighted by atomic mass is 10.3. The van der Waals surface area contributed by atoms with Crippen molar-refractivity contribution in [1.29, 1.82) is 0 Å². The van der Waals surface area contributed by atoms with Gasteiger partial charge in [-0.15, -0.1) is 0 Å². The lowest BCUT2D eigenvalue weighted by Gasteiger charge is -2.18. The third kappa shape index (κ3) is 3.71. The molecule has 1 aliphatic rings. The zero-order valence-electron chi connectivity index (χ0n) is 12.4. The average molecular weight is 374 g/mol. The Bertz CT molecular complexity index is 721. The summed E-state index contributed by atoms with van der Waals surface area (Å²) in [4.78, 5) is 27.8. The predicted molar refractivity (Wildman–Crippen MR) is 93.5 cm³/mol. The van der Waals surface area contributed by atoms with Crippen molar-refractivity contribution < 1.29 is 9.59 Å². The number of hydrogen-bond acceptors (Lipinski definition) is 2. The van der Waals surface area contributed by atoms with Gasteiger partial charge >= 0.3 is 6.03 Å². The molecule has 0 spiro atoms. The Morgan fingerprint density at radius 1 is 1.09 bits per heavy atom. The van der Waals surface area contributed by atoms with Crippen LogP contribution in [0.3, 0.4) is 0 Å². The molecule has 0 aliphatic carbocycles. The summed E-state index contributed by atoms with van der Waals surface area (Å²) in [6.07, 6.45) is 0. The first-order chi connectivity index (χ1) is 11.1. The highest BCUT2D eigenvalue weighted by Crippen LogP contribution is 2.20. The van der Waals surface area contributed by atoms with Crippen LogP contribution in [0.5, 0.6) is 0 Å². The van der Waals surface area contributed by atoms with Gasteiger partial charge in [0, 0.05) is 28.9 Å². The summed E-state index contributed by atoms with van der Waals surface area (Å²) >= 11 is 3.36. The number of amides is 3. The maximum absolute atomic E-state index is 12.4. The summed E-state index contributed by atoms with van der Waals surface area (Å²) in [6.45, 7) is 1.18. The van der Waals surface area contributed by atoms with Gasteiger partial charge < -0.3 is 10.2 Å². The van der Waals surface area contributed by atoms with Crippen molar-refractivity contribution in [2.75, 3.05) is 29.9 Å². The number of carbonyl (C=O) groups excluding carboxylic acids is 2. The second kappa shape index (κ2) is 6.83. The van der Waals surface area contributed by atoms with Crippen LogP contribution >= 0.6 is 15.9 Å². The lowest BCUT2D eigenvalue weighted by molar-refractivity contribution is -0.116. The van der Waals surface area contributed by atoms with Crippen LogP contribution in [-0.2, 0) is 4.79 Å². The number of hydrogen-bond donors (Lipinski definition) is 1. The van der Waals surface area contributed by atoms with E-state index in [1.54, 1.807) is 9.80 Å². The number of nitrogens with zero attached hydrogens (tertiary/aromatic N) is 2. The van der Waals surface area contributed by atoms with E-state index in [0.717, 1.165) is 10.2 Å². The van der Waals surface area contributed by atoms with Gasteiger partial charge in [-0.2, -0.15) is 0 Å². The van der Waals surface area contributed by atoms with Crippen LogP contribution in [0, 0.1) is 0 Å². The fraction of sp³-hybridized carbons (Fsp3) is 0.176. The molecule has 1 aliphatic heterocycles. The van der Waals surface area contributed by atoms with Crippen molar-refractivity contribution in [1.82, 2.24) is 4.90 Å². The second-order valence-corrected chi connectivity index (χ2v) is 6.17. The number of rotatable bonds is 4. The fourth-order valence-corrected chi connectivity index (χ4v) is 2.92. The number of urea groups is 1. The van der Waals surface area contributed by atoms with Crippen LogP contribution in [0.1, 0.15) is 0 Å². The molecule has 0 bridgehead atoms. The van der Waals surface area contributed by atoms with Gasteiger partial charge in [-0.25, -0.2) is 4.79 Å². The van der Waals surface area contributed by atoms with Crippen LogP contribution in [-0.4, -0.2) is 36.5 Å². The van der Waals surface area contributed by atoms with Gasteiger partial charge in [-0.1, -0.05) is 40.2 Å². The molecular weight excluding hydrogens is 358 g/mol. The summed E-state index contributed by atoms with van der Waals surface area (Å²) in [7, 11) is 0. The number of para-hydroxylation sites is 1. The monoisotopic (exact) mass is 373 g/mol. The SMILES string of the molecule is O=C(CN1CCN(c2ccccc2)C1=O)Nc1cccc(Br)c1. The summed E-state index contributed by atoms with van der Waals surface area (Å²) in [5.41, 5.74) is 1.56. The van der Waals surface area contributed by atoms with Crippen molar-refractivity contribution in [2.45, 2.75) is 0 Å². The molecule has 1 N–H and O–H groups in total. The lowest BCUT2D eigenvalue weighted by Crippen LogP contribution is -2.37. The summed E-state index contributed by atoms with van der Waals surface area (Å²) in [6, 6.07) is 16.7. The van der Waals surface area contributed by atoms with E-state index in [9.17, 15) is 9.59 Å². The zero-order chi connectivity index (χ0) is 16.2. The minimum atomic E-state index is -0.202. The van der Waals surface area contributed by atoms with Crippen molar-refractivity contribution in [3.05, 3.63) is 59.1 Å². The van der Waals surface area contributed by atoms with Crippen molar-refractivity contribution in [3.8, 4) is 0 Å². The molecule has 2 aromatic rings. The topological polar surface area (TPSA) is 52.7 Å². The molecule has 0 saturated carbocycles. The minimum Gasteiger partial charge on any atom is -0.325 e. The Morgan fingerprint density at radius 3 is 2.61 bits per heavy atom. The van der Waals surface area contributed by atoms with Crippen molar-refractivity contribution in [3.63, 3.8) is 0 Å². The maximum atomic E-state index is 12.4. The molecule has 1 heterocycles. The quantitative estimate of drug-likeness (QED) is 0.893. The van der Waals surface area contributed by atoms with E-state index in [1.165, 1.54) is 0 Å². The third-order valence-electron chi connectivity index (χ3n) is 3.61. The van der Waals surface area contributed by atoms with E-state index in [-0.39, 0.29) is 18.5 Å². The Balaban J connectivity index is 1.60.